The van der Waals surface area contributed by atoms with Crippen LogP contribution < -0.4 is 4.74 Å². The summed E-state index contributed by atoms with van der Waals surface area (Å²) in [6.07, 6.45) is 6.96. The number of nitro groups is 1. The molecule has 1 aromatic heterocycles. The van der Waals surface area contributed by atoms with Gasteiger partial charge in [-0.25, -0.2) is 4.98 Å². The second kappa shape index (κ2) is 8.09. The van der Waals surface area contributed by atoms with Gasteiger partial charge >= 0.3 is 5.69 Å². The smallest absolute Gasteiger partial charge is 0.332 e. The molecule has 0 aliphatic rings. The molecule has 0 saturated carbocycles. The van der Waals surface area contributed by atoms with Crippen LogP contribution in [0.15, 0.2) is 16.7 Å². The summed E-state index contributed by atoms with van der Waals surface area (Å²) in [6, 6.07) is 1.41. The first-order valence-electron chi connectivity index (χ1n) is 6.51. The standard InChI is InChI=1S/C13H19BrN2O3/c1-3-4-5-6-7-10(2)19-13-12(16(17)18)8-11(14)9-15-13/h8-10H,3-7H2,1-2H3. The summed E-state index contributed by atoms with van der Waals surface area (Å²) in [7, 11) is 0. The van der Waals surface area contributed by atoms with Crippen molar-refractivity contribution in [2.24, 2.45) is 0 Å². The zero-order valence-electron chi connectivity index (χ0n) is 11.3. The first-order valence-corrected chi connectivity index (χ1v) is 7.30. The Morgan fingerprint density at radius 1 is 1.47 bits per heavy atom. The molecule has 0 amide bonds. The van der Waals surface area contributed by atoms with Crippen molar-refractivity contribution in [1.29, 1.82) is 0 Å². The van der Waals surface area contributed by atoms with Crippen LogP contribution in [-0.2, 0) is 0 Å². The van der Waals surface area contributed by atoms with Crippen molar-refractivity contribution in [3.05, 3.63) is 26.9 Å². The Morgan fingerprint density at radius 3 is 2.84 bits per heavy atom. The number of pyridine rings is 1. The average molecular weight is 331 g/mol. The molecule has 0 spiro atoms. The van der Waals surface area contributed by atoms with Crippen LogP contribution in [0.2, 0.25) is 0 Å². The van der Waals surface area contributed by atoms with Crippen LogP contribution in [0.5, 0.6) is 5.88 Å². The van der Waals surface area contributed by atoms with Crippen molar-refractivity contribution in [2.45, 2.75) is 52.1 Å². The fourth-order valence-corrected chi connectivity index (χ4v) is 2.06. The molecule has 1 rings (SSSR count). The van der Waals surface area contributed by atoms with Gasteiger partial charge < -0.3 is 4.74 Å². The highest BCUT2D eigenvalue weighted by atomic mass is 79.9. The highest BCUT2D eigenvalue weighted by Gasteiger charge is 2.19. The Morgan fingerprint density at radius 2 is 2.21 bits per heavy atom. The minimum atomic E-state index is -0.475. The van der Waals surface area contributed by atoms with E-state index in [1.54, 1.807) is 0 Å². The predicted octanol–water partition coefficient (Wildman–Crippen LogP) is 4.49. The molecule has 0 aliphatic heterocycles. The Hall–Kier alpha value is -1.17. The van der Waals surface area contributed by atoms with E-state index in [2.05, 4.69) is 27.8 Å². The van der Waals surface area contributed by atoms with E-state index in [4.69, 9.17) is 4.74 Å². The molecule has 0 fully saturated rings. The summed E-state index contributed by atoms with van der Waals surface area (Å²) in [6.45, 7) is 4.08. The van der Waals surface area contributed by atoms with Gasteiger partial charge in [0.1, 0.15) is 0 Å². The van der Waals surface area contributed by atoms with E-state index in [-0.39, 0.29) is 17.7 Å². The van der Waals surface area contributed by atoms with Gasteiger partial charge in [0, 0.05) is 16.7 Å². The molecule has 0 bridgehead atoms. The highest BCUT2D eigenvalue weighted by Crippen LogP contribution is 2.28. The molecule has 1 heterocycles. The number of unbranched alkanes of at least 4 members (excludes halogenated alkanes) is 3. The molecule has 0 saturated heterocycles. The maximum Gasteiger partial charge on any atom is 0.332 e. The third-order valence-corrected chi connectivity index (χ3v) is 3.21. The lowest BCUT2D eigenvalue weighted by atomic mass is 10.1. The number of nitrogens with zero attached hydrogens (tertiary/aromatic N) is 2. The molecule has 0 aliphatic carbocycles. The van der Waals surface area contributed by atoms with Gasteiger partial charge in [-0.1, -0.05) is 26.2 Å². The van der Waals surface area contributed by atoms with Crippen molar-refractivity contribution >= 4 is 21.6 Å². The van der Waals surface area contributed by atoms with Crippen LogP contribution in [0.25, 0.3) is 0 Å². The molecule has 19 heavy (non-hydrogen) atoms. The topological polar surface area (TPSA) is 65.3 Å². The van der Waals surface area contributed by atoms with E-state index in [0.717, 1.165) is 12.8 Å². The SMILES string of the molecule is CCCCCCC(C)Oc1ncc(Br)cc1[N+](=O)[O-]. The number of aromatic nitrogens is 1. The van der Waals surface area contributed by atoms with Crippen LogP contribution in [0, 0.1) is 10.1 Å². The monoisotopic (exact) mass is 330 g/mol. The van der Waals surface area contributed by atoms with Crippen molar-refractivity contribution in [3.8, 4) is 5.88 Å². The molecular weight excluding hydrogens is 312 g/mol. The molecular formula is C13H19BrN2O3. The average Bonchev–Trinajstić information content (AvgIpc) is 2.36. The fraction of sp³-hybridized carbons (Fsp3) is 0.615. The van der Waals surface area contributed by atoms with Crippen molar-refractivity contribution < 1.29 is 9.66 Å². The molecule has 0 aromatic carbocycles. The molecule has 0 radical (unpaired) electrons. The summed E-state index contributed by atoms with van der Waals surface area (Å²) < 4.78 is 6.14. The van der Waals surface area contributed by atoms with Gasteiger partial charge in [-0.2, -0.15) is 0 Å². The van der Waals surface area contributed by atoms with Crippen molar-refractivity contribution in [2.75, 3.05) is 0 Å². The molecule has 1 unspecified atom stereocenters. The Balaban J connectivity index is 2.58. The van der Waals surface area contributed by atoms with E-state index in [1.807, 2.05) is 6.92 Å². The summed E-state index contributed by atoms with van der Waals surface area (Å²) in [5, 5.41) is 10.9. The molecule has 5 nitrogen and oxygen atoms in total. The van der Waals surface area contributed by atoms with Crippen LogP contribution in [0.1, 0.15) is 46.0 Å². The minimum absolute atomic E-state index is 0.0655. The largest absolute Gasteiger partial charge is 0.470 e. The van der Waals surface area contributed by atoms with E-state index in [9.17, 15) is 10.1 Å². The molecule has 1 aromatic rings. The van der Waals surface area contributed by atoms with Gasteiger partial charge in [-0.05, 0) is 35.7 Å². The number of ether oxygens (including phenoxy) is 1. The summed E-state index contributed by atoms with van der Waals surface area (Å²) >= 11 is 3.17. The summed E-state index contributed by atoms with van der Waals surface area (Å²) in [5.74, 6) is 0.0937. The van der Waals surface area contributed by atoms with Crippen LogP contribution >= 0.6 is 15.9 Å². The third kappa shape index (κ3) is 5.55. The lowest BCUT2D eigenvalue weighted by molar-refractivity contribution is -0.386. The van der Waals surface area contributed by atoms with Gasteiger partial charge in [0.2, 0.25) is 0 Å². The second-order valence-electron chi connectivity index (χ2n) is 4.51. The first-order chi connectivity index (χ1) is 9.04. The first kappa shape index (κ1) is 15.9. The van der Waals surface area contributed by atoms with Gasteiger partial charge in [-0.3, -0.25) is 10.1 Å². The zero-order valence-corrected chi connectivity index (χ0v) is 12.9. The Kier molecular flexibility index (Phi) is 6.77. The lowest BCUT2D eigenvalue weighted by Gasteiger charge is -2.13. The Bertz CT molecular complexity index is 426. The number of halogens is 1. The van der Waals surface area contributed by atoms with E-state index in [0.29, 0.717) is 4.47 Å². The fourth-order valence-electron chi connectivity index (χ4n) is 1.75. The molecule has 106 valence electrons. The van der Waals surface area contributed by atoms with Crippen LogP contribution in [-0.4, -0.2) is 16.0 Å². The van der Waals surface area contributed by atoms with Crippen LogP contribution in [0.4, 0.5) is 5.69 Å². The maximum absolute atomic E-state index is 10.9. The predicted molar refractivity (Wildman–Crippen MR) is 77.4 cm³/mol. The minimum Gasteiger partial charge on any atom is -0.470 e. The lowest BCUT2D eigenvalue weighted by Crippen LogP contribution is -2.13. The highest BCUT2D eigenvalue weighted by molar-refractivity contribution is 9.10. The van der Waals surface area contributed by atoms with Crippen molar-refractivity contribution in [3.63, 3.8) is 0 Å². The van der Waals surface area contributed by atoms with Crippen molar-refractivity contribution in [1.82, 2.24) is 4.98 Å². The zero-order chi connectivity index (χ0) is 14.3. The van der Waals surface area contributed by atoms with E-state index >= 15 is 0 Å². The molecule has 0 N–H and O–H groups in total. The Labute approximate surface area is 121 Å². The number of hydrogen-bond donors (Lipinski definition) is 0. The van der Waals surface area contributed by atoms with Gasteiger partial charge in [0.05, 0.1) is 11.0 Å². The number of hydrogen-bond acceptors (Lipinski definition) is 4. The molecule has 1 atom stereocenters. The van der Waals surface area contributed by atoms with Gasteiger partial charge in [-0.15, -0.1) is 0 Å². The maximum atomic E-state index is 10.9. The third-order valence-electron chi connectivity index (χ3n) is 2.77. The molecule has 6 heteroatoms. The quantitative estimate of drug-likeness (QED) is 0.400. The van der Waals surface area contributed by atoms with Gasteiger partial charge in [0.25, 0.3) is 5.88 Å². The van der Waals surface area contributed by atoms with Gasteiger partial charge in [0.15, 0.2) is 0 Å². The second-order valence-corrected chi connectivity index (χ2v) is 5.43. The number of rotatable bonds is 8. The van der Waals surface area contributed by atoms with Crippen LogP contribution in [0.3, 0.4) is 0 Å². The van der Waals surface area contributed by atoms with E-state index < -0.39 is 4.92 Å². The summed E-state index contributed by atoms with van der Waals surface area (Å²) in [4.78, 5) is 14.4. The van der Waals surface area contributed by atoms with E-state index in [1.165, 1.54) is 31.5 Å². The summed E-state index contributed by atoms with van der Waals surface area (Å²) in [5.41, 5.74) is -0.102. The normalized spacial score (nSPS) is 12.2.